The highest BCUT2D eigenvalue weighted by Gasteiger charge is 2.34. The number of aliphatic hydroxyl groups excluding tert-OH is 2. The molecule has 0 radical (unpaired) electrons. The van der Waals surface area contributed by atoms with Crippen molar-refractivity contribution in [2.75, 3.05) is 12.3 Å². The standard InChI is InChI=1S/C35H50N2O5S/c1-4-14-31(23-36-33(29-19-12-7-13-20-29)34(39)32(38)21-26(2)3)37-35(40)30(22-27-15-8-5-9-16-27)25-43(41,42)24-28-17-10-6-11-18-28/h1,5-6,8-11,15-18,26,29-34,36,38-39H,7,12-14,19-25H2,2-3H3,(H,37,40)/t30?,31-,32-,33?,34-/m0/s1. The number of amides is 1. The Hall–Kier alpha value is -2.70. The van der Waals surface area contributed by atoms with Crippen LogP contribution >= 0.6 is 0 Å². The number of terminal acetylenes is 1. The van der Waals surface area contributed by atoms with Gasteiger partial charge in [-0.05, 0) is 48.6 Å². The molecule has 2 unspecified atom stereocenters. The van der Waals surface area contributed by atoms with Crippen molar-refractivity contribution in [2.24, 2.45) is 17.8 Å². The molecule has 1 aliphatic rings. The van der Waals surface area contributed by atoms with E-state index in [0.29, 0.717) is 18.5 Å². The molecule has 0 saturated heterocycles. The van der Waals surface area contributed by atoms with E-state index in [4.69, 9.17) is 6.42 Å². The summed E-state index contributed by atoms with van der Waals surface area (Å²) in [5.74, 6) is 1.50. The first-order valence-electron chi connectivity index (χ1n) is 15.7. The van der Waals surface area contributed by atoms with Crippen LogP contribution in [0.1, 0.15) is 69.9 Å². The summed E-state index contributed by atoms with van der Waals surface area (Å²) in [5.41, 5.74) is 1.56. The summed E-state index contributed by atoms with van der Waals surface area (Å²) in [5, 5.41) is 28.5. The van der Waals surface area contributed by atoms with Crippen molar-refractivity contribution in [3.63, 3.8) is 0 Å². The number of hydrogen-bond acceptors (Lipinski definition) is 6. The minimum atomic E-state index is -3.60. The van der Waals surface area contributed by atoms with Gasteiger partial charge in [0, 0.05) is 19.0 Å². The first-order chi connectivity index (χ1) is 20.6. The van der Waals surface area contributed by atoms with E-state index >= 15 is 0 Å². The number of aliphatic hydroxyl groups is 2. The van der Waals surface area contributed by atoms with Crippen molar-refractivity contribution in [2.45, 2.75) is 95.3 Å². The van der Waals surface area contributed by atoms with Crippen LogP contribution in [0.25, 0.3) is 0 Å². The SMILES string of the molecule is C#CC[C@@H](CNC(C1CCCCC1)[C@@H](O)[C@@H](O)CC(C)C)NC(=O)C(Cc1ccccc1)CS(=O)(=O)Cc1ccccc1. The fourth-order valence-corrected chi connectivity index (χ4v) is 7.86. The van der Waals surface area contributed by atoms with Crippen LogP contribution in [0, 0.1) is 30.1 Å². The molecule has 4 N–H and O–H groups in total. The highest BCUT2D eigenvalue weighted by Crippen LogP contribution is 2.29. The Kier molecular flexibility index (Phi) is 14.2. The lowest BCUT2D eigenvalue weighted by Crippen LogP contribution is -2.55. The lowest BCUT2D eigenvalue weighted by molar-refractivity contribution is -0.125. The van der Waals surface area contributed by atoms with Gasteiger partial charge < -0.3 is 20.8 Å². The third kappa shape index (κ3) is 12.1. The lowest BCUT2D eigenvalue weighted by atomic mass is 9.79. The van der Waals surface area contributed by atoms with E-state index < -0.39 is 34.0 Å². The van der Waals surface area contributed by atoms with E-state index in [0.717, 1.165) is 31.2 Å². The minimum Gasteiger partial charge on any atom is -0.390 e. The van der Waals surface area contributed by atoms with Gasteiger partial charge in [0.05, 0.1) is 35.7 Å². The summed E-state index contributed by atoms with van der Waals surface area (Å²) in [6.45, 7) is 4.34. The molecular weight excluding hydrogens is 560 g/mol. The van der Waals surface area contributed by atoms with Crippen molar-refractivity contribution in [1.82, 2.24) is 10.6 Å². The maximum Gasteiger partial charge on any atom is 0.224 e. The Morgan fingerprint density at radius 3 is 2.16 bits per heavy atom. The van der Waals surface area contributed by atoms with Gasteiger partial charge in [0.2, 0.25) is 5.91 Å². The van der Waals surface area contributed by atoms with Crippen LogP contribution in [-0.2, 0) is 26.8 Å². The van der Waals surface area contributed by atoms with Crippen LogP contribution in [0.2, 0.25) is 0 Å². The van der Waals surface area contributed by atoms with Gasteiger partial charge in [-0.15, -0.1) is 12.3 Å². The van der Waals surface area contributed by atoms with Crippen molar-refractivity contribution >= 4 is 15.7 Å². The monoisotopic (exact) mass is 610 g/mol. The quantitative estimate of drug-likeness (QED) is 0.199. The van der Waals surface area contributed by atoms with E-state index in [9.17, 15) is 23.4 Å². The Labute approximate surface area is 258 Å². The van der Waals surface area contributed by atoms with Gasteiger partial charge in [0.25, 0.3) is 0 Å². The maximum absolute atomic E-state index is 13.7. The van der Waals surface area contributed by atoms with Gasteiger partial charge in [-0.2, -0.15) is 0 Å². The molecule has 5 atom stereocenters. The van der Waals surface area contributed by atoms with Gasteiger partial charge in [-0.3, -0.25) is 4.79 Å². The first kappa shape index (κ1) is 34.8. The van der Waals surface area contributed by atoms with Crippen LogP contribution in [0.5, 0.6) is 0 Å². The molecule has 236 valence electrons. The number of nitrogens with one attached hydrogen (secondary N) is 2. The van der Waals surface area contributed by atoms with Crippen LogP contribution in [0.15, 0.2) is 60.7 Å². The van der Waals surface area contributed by atoms with Gasteiger partial charge >= 0.3 is 0 Å². The second kappa shape index (κ2) is 17.6. The van der Waals surface area contributed by atoms with Gasteiger partial charge in [0.1, 0.15) is 0 Å². The number of benzene rings is 2. The van der Waals surface area contributed by atoms with E-state index in [2.05, 4.69) is 16.6 Å². The molecule has 1 amide bonds. The van der Waals surface area contributed by atoms with Crippen LogP contribution in [0.4, 0.5) is 0 Å². The van der Waals surface area contributed by atoms with E-state index in [1.54, 1.807) is 24.3 Å². The minimum absolute atomic E-state index is 0.137. The fourth-order valence-electron chi connectivity index (χ4n) is 6.15. The normalized spacial score (nSPS) is 17.9. The molecule has 0 aliphatic heterocycles. The zero-order chi connectivity index (χ0) is 31.2. The molecule has 0 bridgehead atoms. The molecule has 2 aromatic carbocycles. The predicted molar refractivity (Wildman–Crippen MR) is 173 cm³/mol. The fraction of sp³-hybridized carbons (Fsp3) is 0.571. The van der Waals surface area contributed by atoms with E-state index in [-0.39, 0.29) is 48.1 Å². The second-order valence-corrected chi connectivity index (χ2v) is 14.7. The van der Waals surface area contributed by atoms with Gasteiger partial charge in [0.15, 0.2) is 9.84 Å². The zero-order valence-electron chi connectivity index (χ0n) is 25.7. The average molecular weight is 611 g/mol. The molecular formula is C35H50N2O5S. The summed E-state index contributed by atoms with van der Waals surface area (Å²) in [6, 6.07) is 17.6. The summed E-state index contributed by atoms with van der Waals surface area (Å²) in [6.07, 6.45) is 10.2. The van der Waals surface area contributed by atoms with Gasteiger partial charge in [-0.1, -0.05) is 93.8 Å². The highest BCUT2D eigenvalue weighted by molar-refractivity contribution is 7.90. The first-order valence-corrected chi connectivity index (χ1v) is 17.5. The Balaban J connectivity index is 1.74. The number of carbonyl (C=O) groups is 1. The number of rotatable bonds is 17. The molecule has 1 fully saturated rings. The third-order valence-electron chi connectivity index (χ3n) is 8.32. The van der Waals surface area contributed by atoms with Crippen molar-refractivity contribution < 1.29 is 23.4 Å². The Bertz CT molecular complexity index is 1240. The van der Waals surface area contributed by atoms with Crippen LogP contribution < -0.4 is 10.6 Å². The lowest BCUT2D eigenvalue weighted by Gasteiger charge is -2.37. The second-order valence-electron chi connectivity index (χ2n) is 12.6. The summed E-state index contributed by atoms with van der Waals surface area (Å²) in [4.78, 5) is 13.7. The summed E-state index contributed by atoms with van der Waals surface area (Å²) >= 11 is 0. The van der Waals surface area contributed by atoms with Crippen LogP contribution in [-0.4, -0.2) is 61.1 Å². The molecule has 1 aliphatic carbocycles. The Morgan fingerprint density at radius 2 is 1.58 bits per heavy atom. The van der Waals surface area contributed by atoms with Gasteiger partial charge in [-0.25, -0.2) is 8.42 Å². The highest BCUT2D eigenvalue weighted by atomic mass is 32.2. The zero-order valence-corrected chi connectivity index (χ0v) is 26.5. The van der Waals surface area contributed by atoms with E-state index in [1.165, 1.54) is 6.42 Å². The summed E-state index contributed by atoms with van der Waals surface area (Å²) in [7, 11) is -3.60. The molecule has 0 aromatic heterocycles. The van der Waals surface area contributed by atoms with Crippen molar-refractivity contribution in [1.29, 1.82) is 0 Å². The number of sulfone groups is 1. The van der Waals surface area contributed by atoms with E-state index in [1.807, 2.05) is 50.2 Å². The molecule has 1 saturated carbocycles. The molecule has 2 aromatic rings. The van der Waals surface area contributed by atoms with Crippen molar-refractivity contribution in [3.05, 3.63) is 71.8 Å². The van der Waals surface area contributed by atoms with Crippen LogP contribution in [0.3, 0.4) is 0 Å². The third-order valence-corrected chi connectivity index (χ3v) is 10.0. The molecule has 8 heteroatoms. The topological polar surface area (TPSA) is 116 Å². The Morgan fingerprint density at radius 1 is 0.977 bits per heavy atom. The molecule has 0 heterocycles. The smallest absolute Gasteiger partial charge is 0.224 e. The molecule has 3 rings (SSSR count). The molecule has 0 spiro atoms. The number of hydrogen-bond donors (Lipinski definition) is 4. The average Bonchev–Trinajstić information content (AvgIpc) is 2.97. The molecule has 7 nitrogen and oxygen atoms in total. The maximum atomic E-state index is 13.7. The summed E-state index contributed by atoms with van der Waals surface area (Å²) < 4.78 is 26.5. The number of carbonyl (C=O) groups excluding carboxylic acids is 1. The molecule has 43 heavy (non-hydrogen) atoms. The largest absolute Gasteiger partial charge is 0.390 e. The van der Waals surface area contributed by atoms with Crippen molar-refractivity contribution in [3.8, 4) is 12.3 Å². The predicted octanol–water partition coefficient (Wildman–Crippen LogP) is 4.27.